The van der Waals surface area contributed by atoms with Crippen LogP contribution in [-0.4, -0.2) is 48.7 Å². The molecular weight excluding hydrogens is 428 g/mol. The summed E-state index contributed by atoms with van der Waals surface area (Å²) in [5.41, 5.74) is 0. The van der Waals surface area contributed by atoms with Crippen LogP contribution < -0.4 is 0 Å². The van der Waals surface area contributed by atoms with Gasteiger partial charge in [-0.25, -0.2) is 0 Å². The van der Waals surface area contributed by atoms with Gasteiger partial charge in [0.1, 0.15) is 12.7 Å². The maximum absolute atomic E-state index is 11.4. The predicted octanol–water partition coefficient (Wildman–Crippen LogP) is 7.75. The quantitative estimate of drug-likeness (QED) is 0.101. The maximum Gasteiger partial charge on any atom is 0.305 e. The molecular formula is C29H60O5. The Balaban J connectivity index is 0. The predicted molar refractivity (Wildman–Crippen MR) is 144 cm³/mol. The minimum absolute atomic E-state index is 0.103. The summed E-state index contributed by atoms with van der Waals surface area (Å²) in [5, 5.41) is 17.7. The van der Waals surface area contributed by atoms with E-state index in [9.17, 15) is 4.79 Å². The maximum atomic E-state index is 11.4. The molecule has 0 heterocycles. The number of carbonyl (C=O) groups excluding carboxylic acids is 1. The number of esters is 1. The average molecular weight is 489 g/mol. The van der Waals surface area contributed by atoms with E-state index >= 15 is 0 Å². The van der Waals surface area contributed by atoms with E-state index in [1.165, 1.54) is 109 Å². The lowest BCUT2D eigenvalue weighted by molar-refractivity contribution is -0.147. The number of aliphatic hydroxyl groups is 2. The largest absolute Gasteiger partial charge is 0.463 e. The fourth-order valence-electron chi connectivity index (χ4n) is 3.55. The molecule has 0 aliphatic carbocycles. The van der Waals surface area contributed by atoms with Crippen molar-refractivity contribution in [3.8, 4) is 0 Å². The molecule has 0 aliphatic rings. The van der Waals surface area contributed by atoms with Crippen molar-refractivity contribution in [2.45, 2.75) is 155 Å². The van der Waals surface area contributed by atoms with E-state index in [0.717, 1.165) is 26.1 Å². The number of hydrogen-bond acceptors (Lipinski definition) is 5. The summed E-state index contributed by atoms with van der Waals surface area (Å²) < 4.78 is 10.2. The molecule has 0 saturated heterocycles. The summed E-state index contributed by atoms with van der Waals surface area (Å²) in [7, 11) is 0. The molecule has 5 nitrogen and oxygen atoms in total. The Morgan fingerprint density at radius 1 is 0.618 bits per heavy atom. The van der Waals surface area contributed by atoms with Gasteiger partial charge < -0.3 is 19.7 Å². The first-order valence-corrected chi connectivity index (χ1v) is 14.6. The molecule has 34 heavy (non-hydrogen) atoms. The molecule has 0 bridgehead atoms. The molecule has 0 rings (SSSR count). The van der Waals surface area contributed by atoms with Crippen molar-refractivity contribution >= 4 is 5.97 Å². The Morgan fingerprint density at radius 3 is 1.38 bits per heavy atom. The zero-order valence-corrected chi connectivity index (χ0v) is 23.2. The second-order valence-electron chi connectivity index (χ2n) is 9.54. The minimum Gasteiger partial charge on any atom is -0.463 e. The lowest BCUT2D eigenvalue weighted by Gasteiger charge is -2.08. The van der Waals surface area contributed by atoms with Crippen LogP contribution in [-0.2, 0) is 14.3 Å². The van der Waals surface area contributed by atoms with E-state index < -0.39 is 6.10 Å². The Morgan fingerprint density at radius 2 is 1.00 bits per heavy atom. The second kappa shape index (κ2) is 32.4. The molecule has 0 radical (unpaired) electrons. The number of carbonyl (C=O) groups is 1. The van der Waals surface area contributed by atoms with Crippen molar-refractivity contribution in [2.24, 2.45) is 0 Å². The van der Waals surface area contributed by atoms with Crippen molar-refractivity contribution in [3.63, 3.8) is 0 Å². The third-order valence-corrected chi connectivity index (χ3v) is 5.92. The third-order valence-electron chi connectivity index (χ3n) is 5.92. The molecule has 0 fully saturated rings. The van der Waals surface area contributed by atoms with Gasteiger partial charge in [0.25, 0.3) is 0 Å². The third kappa shape index (κ3) is 33.5. The first-order valence-electron chi connectivity index (χ1n) is 14.6. The molecule has 0 aliphatic heterocycles. The number of ether oxygens (including phenoxy) is 2. The highest BCUT2D eigenvalue weighted by Gasteiger charge is 2.07. The lowest BCUT2D eigenvalue weighted by Crippen LogP contribution is -2.21. The topological polar surface area (TPSA) is 76.0 Å². The summed E-state index contributed by atoms with van der Waals surface area (Å²) in [5.74, 6) is -0.276. The van der Waals surface area contributed by atoms with Crippen LogP contribution in [0, 0.1) is 0 Å². The number of aliphatic hydroxyl groups excluding tert-OH is 2. The molecule has 1 unspecified atom stereocenters. The molecule has 0 amide bonds. The van der Waals surface area contributed by atoms with Gasteiger partial charge in [-0.05, 0) is 19.3 Å². The van der Waals surface area contributed by atoms with Gasteiger partial charge in [0, 0.05) is 19.6 Å². The highest BCUT2D eigenvalue weighted by Crippen LogP contribution is 2.13. The van der Waals surface area contributed by atoms with Crippen molar-refractivity contribution in [2.75, 3.05) is 26.4 Å². The van der Waals surface area contributed by atoms with Gasteiger partial charge in [-0.1, -0.05) is 124 Å². The van der Waals surface area contributed by atoms with E-state index in [2.05, 4.69) is 20.8 Å². The molecule has 0 aromatic rings. The summed E-state index contributed by atoms with van der Waals surface area (Å²) in [6.45, 7) is 8.07. The van der Waals surface area contributed by atoms with Gasteiger partial charge >= 0.3 is 5.97 Å². The molecule has 0 saturated carbocycles. The van der Waals surface area contributed by atoms with Crippen LogP contribution in [0.3, 0.4) is 0 Å². The van der Waals surface area contributed by atoms with Crippen molar-refractivity contribution in [1.29, 1.82) is 0 Å². The van der Waals surface area contributed by atoms with E-state index in [4.69, 9.17) is 19.7 Å². The van der Waals surface area contributed by atoms with Gasteiger partial charge in [0.15, 0.2) is 0 Å². The fourth-order valence-corrected chi connectivity index (χ4v) is 3.55. The standard InChI is InChI=1S/C21H42O4.C8H18O/c1-2-3-4-5-6-7-8-9-10-11-12-13-14-15-16-17-21(24)25-19-20(23)18-22;1-3-5-7-9-8-6-4-2/h20,22-23H,2-19H2,1H3;3-8H2,1-2H3. The molecule has 0 aromatic heterocycles. The zero-order chi connectivity index (χ0) is 25.5. The first-order chi connectivity index (χ1) is 16.6. The van der Waals surface area contributed by atoms with Gasteiger partial charge in [0.2, 0.25) is 0 Å². The van der Waals surface area contributed by atoms with Crippen LogP contribution in [0.25, 0.3) is 0 Å². The van der Waals surface area contributed by atoms with E-state index in [1.54, 1.807) is 0 Å². The van der Waals surface area contributed by atoms with Crippen LogP contribution in [0.15, 0.2) is 0 Å². The average Bonchev–Trinajstić information content (AvgIpc) is 2.85. The minimum atomic E-state index is -0.954. The molecule has 2 N–H and O–H groups in total. The van der Waals surface area contributed by atoms with Crippen LogP contribution >= 0.6 is 0 Å². The summed E-state index contributed by atoms with van der Waals surface area (Å²) in [4.78, 5) is 11.4. The first kappa shape index (κ1) is 35.5. The lowest BCUT2D eigenvalue weighted by atomic mass is 10.0. The van der Waals surface area contributed by atoms with E-state index in [-0.39, 0.29) is 19.2 Å². The molecule has 206 valence electrons. The van der Waals surface area contributed by atoms with Crippen LogP contribution in [0.2, 0.25) is 0 Å². The summed E-state index contributed by atoms with van der Waals surface area (Å²) in [6.07, 6.45) is 23.9. The molecule has 5 heteroatoms. The smallest absolute Gasteiger partial charge is 0.305 e. The highest BCUT2D eigenvalue weighted by molar-refractivity contribution is 5.69. The Labute approximate surface area is 212 Å². The Kier molecular flexibility index (Phi) is 33.8. The Bertz CT molecular complexity index is 370. The van der Waals surface area contributed by atoms with Gasteiger partial charge in [-0.2, -0.15) is 0 Å². The summed E-state index contributed by atoms with van der Waals surface area (Å²) >= 11 is 0. The zero-order valence-electron chi connectivity index (χ0n) is 23.2. The molecule has 1 atom stereocenters. The van der Waals surface area contributed by atoms with Crippen LogP contribution in [0.4, 0.5) is 0 Å². The SMILES string of the molecule is CCCCCCCCCCCCCCCCCC(=O)OCC(O)CO.CCCCOCCCC. The van der Waals surface area contributed by atoms with E-state index in [0.29, 0.717) is 6.42 Å². The van der Waals surface area contributed by atoms with Crippen molar-refractivity contribution in [1.82, 2.24) is 0 Å². The number of rotatable bonds is 25. The van der Waals surface area contributed by atoms with Crippen molar-refractivity contribution in [3.05, 3.63) is 0 Å². The van der Waals surface area contributed by atoms with E-state index in [1.807, 2.05) is 0 Å². The second-order valence-corrected chi connectivity index (χ2v) is 9.54. The molecule has 0 spiro atoms. The Hall–Kier alpha value is -0.650. The van der Waals surface area contributed by atoms with Crippen molar-refractivity contribution < 1.29 is 24.5 Å². The highest BCUT2D eigenvalue weighted by atomic mass is 16.5. The summed E-state index contributed by atoms with van der Waals surface area (Å²) in [6, 6.07) is 0. The number of hydrogen-bond donors (Lipinski definition) is 2. The molecule has 0 aromatic carbocycles. The van der Waals surface area contributed by atoms with Crippen LogP contribution in [0.1, 0.15) is 149 Å². The van der Waals surface area contributed by atoms with Gasteiger partial charge in [0.05, 0.1) is 6.61 Å². The normalized spacial score (nSPS) is 11.7. The van der Waals surface area contributed by atoms with Gasteiger partial charge in [-0.3, -0.25) is 4.79 Å². The van der Waals surface area contributed by atoms with Crippen LogP contribution in [0.5, 0.6) is 0 Å². The monoisotopic (exact) mass is 488 g/mol. The van der Waals surface area contributed by atoms with Gasteiger partial charge in [-0.15, -0.1) is 0 Å². The number of unbranched alkanes of at least 4 members (excludes halogenated alkanes) is 16. The fraction of sp³-hybridized carbons (Fsp3) is 0.966.